The number of rotatable bonds is 5. The second kappa shape index (κ2) is 5.49. The van der Waals surface area contributed by atoms with Crippen molar-refractivity contribution in [2.45, 2.75) is 30.7 Å². The molecule has 5 nitrogen and oxygen atoms in total. The van der Waals surface area contributed by atoms with Crippen molar-refractivity contribution in [2.75, 3.05) is 6.26 Å². The maximum Gasteiger partial charge on any atom is 0.303 e. The zero-order valence-corrected chi connectivity index (χ0v) is 11.2. The maximum absolute atomic E-state index is 11.7. The molecule has 0 aromatic heterocycles. The van der Waals surface area contributed by atoms with E-state index in [4.69, 9.17) is 10.8 Å². The largest absolute Gasteiger partial charge is 0.481 e. The highest BCUT2D eigenvalue weighted by Gasteiger charge is 2.18. The van der Waals surface area contributed by atoms with Crippen LogP contribution in [0, 0.1) is 6.92 Å². The van der Waals surface area contributed by atoms with Gasteiger partial charge in [-0.3, -0.25) is 4.79 Å². The van der Waals surface area contributed by atoms with Crippen LogP contribution in [0.15, 0.2) is 23.1 Å². The third-order valence-electron chi connectivity index (χ3n) is 2.64. The standard InChI is InChI=1S/C12H17NO4S/c1-8-3-4-9(10(13)5-6-12(14)15)11(7-8)18(2,16)17/h3-4,7,10H,5-6,13H2,1-2H3,(H,14,15). The lowest BCUT2D eigenvalue weighted by Gasteiger charge is -2.15. The molecule has 0 fully saturated rings. The molecule has 0 amide bonds. The van der Waals surface area contributed by atoms with E-state index in [1.807, 2.05) is 0 Å². The van der Waals surface area contributed by atoms with Gasteiger partial charge in [-0.25, -0.2) is 8.42 Å². The molecule has 1 unspecified atom stereocenters. The Balaban J connectivity index is 3.12. The molecule has 3 N–H and O–H groups in total. The van der Waals surface area contributed by atoms with E-state index in [-0.39, 0.29) is 17.7 Å². The highest BCUT2D eigenvalue weighted by atomic mass is 32.2. The van der Waals surface area contributed by atoms with E-state index in [0.29, 0.717) is 5.56 Å². The van der Waals surface area contributed by atoms with Gasteiger partial charge < -0.3 is 10.8 Å². The van der Waals surface area contributed by atoms with Crippen LogP contribution >= 0.6 is 0 Å². The number of nitrogens with two attached hydrogens (primary N) is 1. The molecule has 0 spiro atoms. The second-order valence-electron chi connectivity index (χ2n) is 4.35. The molecule has 0 aliphatic rings. The minimum atomic E-state index is -3.37. The minimum Gasteiger partial charge on any atom is -0.481 e. The summed E-state index contributed by atoms with van der Waals surface area (Å²) in [6.07, 6.45) is 1.24. The molecular weight excluding hydrogens is 254 g/mol. The van der Waals surface area contributed by atoms with Crippen LogP contribution in [0.4, 0.5) is 0 Å². The molecule has 1 aromatic carbocycles. The van der Waals surface area contributed by atoms with Crippen molar-refractivity contribution in [2.24, 2.45) is 5.73 Å². The zero-order valence-electron chi connectivity index (χ0n) is 10.4. The van der Waals surface area contributed by atoms with E-state index < -0.39 is 21.8 Å². The third-order valence-corrected chi connectivity index (χ3v) is 3.79. The van der Waals surface area contributed by atoms with Crippen LogP contribution in [-0.2, 0) is 14.6 Å². The van der Waals surface area contributed by atoms with Crippen molar-refractivity contribution >= 4 is 15.8 Å². The summed E-state index contributed by atoms with van der Waals surface area (Å²) in [7, 11) is -3.37. The van der Waals surface area contributed by atoms with Gasteiger partial charge in [0.05, 0.1) is 4.90 Å². The van der Waals surface area contributed by atoms with Crippen LogP contribution in [0.5, 0.6) is 0 Å². The van der Waals surface area contributed by atoms with E-state index in [2.05, 4.69) is 0 Å². The Morgan fingerprint density at radius 2 is 2.06 bits per heavy atom. The summed E-state index contributed by atoms with van der Waals surface area (Å²) in [5.41, 5.74) is 7.16. The SMILES string of the molecule is Cc1ccc(C(N)CCC(=O)O)c(S(C)(=O)=O)c1. The molecule has 0 radical (unpaired) electrons. The summed E-state index contributed by atoms with van der Waals surface area (Å²) >= 11 is 0. The van der Waals surface area contributed by atoms with Crippen LogP contribution in [0.3, 0.4) is 0 Å². The van der Waals surface area contributed by atoms with Crippen molar-refractivity contribution in [1.29, 1.82) is 0 Å². The summed E-state index contributed by atoms with van der Waals surface area (Å²) in [5, 5.41) is 8.61. The Morgan fingerprint density at radius 1 is 1.44 bits per heavy atom. The Bertz CT molecular complexity index is 551. The molecule has 0 bridgehead atoms. The predicted molar refractivity (Wildman–Crippen MR) is 68.1 cm³/mol. The molecule has 18 heavy (non-hydrogen) atoms. The summed E-state index contributed by atoms with van der Waals surface area (Å²) in [6, 6.07) is 4.39. The fourth-order valence-corrected chi connectivity index (χ4v) is 2.75. The number of aliphatic carboxylic acids is 1. The van der Waals surface area contributed by atoms with Crippen molar-refractivity contribution in [3.8, 4) is 0 Å². The van der Waals surface area contributed by atoms with Gasteiger partial charge in [-0.15, -0.1) is 0 Å². The first-order valence-electron chi connectivity index (χ1n) is 5.50. The number of hydrogen-bond donors (Lipinski definition) is 2. The summed E-state index contributed by atoms with van der Waals surface area (Å²) in [4.78, 5) is 10.7. The summed E-state index contributed by atoms with van der Waals surface area (Å²) in [5.74, 6) is -0.946. The molecule has 100 valence electrons. The quantitative estimate of drug-likeness (QED) is 0.840. The molecule has 0 heterocycles. The van der Waals surface area contributed by atoms with Crippen molar-refractivity contribution in [3.63, 3.8) is 0 Å². The lowest BCUT2D eigenvalue weighted by molar-refractivity contribution is -0.137. The van der Waals surface area contributed by atoms with Gasteiger partial charge in [0, 0.05) is 18.7 Å². The number of benzene rings is 1. The zero-order chi connectivity index (χ0) is 13.9. The highest BCUT2D eigenvalue weighted by Crippen LogP contribution is 2.25. The topological polar surface area (TPSA) is 97.5 Å². The maximum atomic E-state index is 11.7. The van der Waals surface area contributed by atoms with Gasteiger partial charge in [-0.1, -0.05) is 12.1 Å². The molecule has 1 atom stereocenters. The molecule has 6 heteroatoms. The lowest BCUT2D eigenvalue weighted by Crippen LogP contribution is -2.16. The monoisotopic (exact) mass is 271 g/mol. The molecular formula is C12H17NO4S. The smallest absolute Gasteiger partial charge is 0.303 e. The van der Waals surface area contributed by atoms with Gasteiger partial charge in [0.15, 0.2) is 9.84 Å². The van der Waals surface area contributed by atoms with Gasteiger partial charge in [0.1, 0.15) is 0 Å². The van der Waals surface area contributed by atoms with Gasteiger partial charge in [-0.05, 0) is 30.5 Å². The minimum absolute atomic E-state index is 0.0851. The average Bonchev–Trinajstić information content (AvgIpc) is 2.24. The first-order valence-corrected chi connectivity index (χ1v) is 7.39. The molecule has 0 saturated carbocycles. The number of carboxylic acids is 1. The van der Waals surface area contributed by atoms with Crippen LogP contribution < -0.4 is 5.73 Å². The number of hydrogen-bond acceptors (Lipinski definition) is 4. The van der Waals surface area contributed by atoms with Crippen LogP contribution in [0.1, 0.15) is 30.0 Å². The Kier molecular flexibility index (Phi) is 4.48. The fraction of sp³-hybridized carbons (Fsp3) is 0.417. The van der Waals surface area contributed by atoms with E-state index in [9.17, 15) is 13.2 Å². The molecule has 1 aromatic rings. The lowest BCUT2D eigenvalue weighted by atomic mass is 10.0. The van der Waals surface area contributed by atoms with Crippen LogP contribution in [0.2, 0.25) is 0 Å². The van der Waals surface area contributed by atoms with Gasteiger partial charge in [-0.2, -0.15) is 0 Å². The summed E-state index contributed by atoms with van der Waals surface area (Å²) < 4.78 is 23.4. The number of sulfone groups is 1. The molecule has 0 aliphatic carbocycles. The third kappa shape index (κ3) is 3.82. The van der Waals surface area contributed by atoms with Crippen LogP contribution in [0.25, 0.3) is 0 Å². The normalized spacial score (nSPS) is 13.3. The van der Waals surface area contributed by atoms with E-state index >= 15 is 0 Å². The van der Waals surface area contributed by atoms with Crippen molar-refractivity contribution in [3.05, 3.63) is 29.3 Å². The predicted octanol–water partition coefficient (Wildman–Crippen LogP) is 1.26. The van der Waals surface area contributed by atoms with E-state index in [0.717, 1.165) is 11.8 Å². The van der Waals surface area contributed by atoms with Gasteiger partial charge in [0.25, 0.3) is 0 Å². The van der Waals surface area contributed by atoms with Crippen LogP contribution in [-0.4, -0.2) is 25.7 Å². The Labute approximate surface area is 107 Å². The highest BCUT2D eigenvalue weighted by molar-refractivity contribution is 7.90. The molecule has 1 rings (SSSR count). The fourth-order valence-electron chi connectivity index (χ4n) is 1.70. The van der Waals surface area contributed by atoms with E-state index in [1.165, 1.54) is 0 Å². The number of aryl methyl sites for hydroxylation is 1. The number of carbonyl (C=O) groups is 1. The van der Waals surface area contributed by atoms with Crippen molar-refractivity contribution < 1.29 is 18.3 Å². The van der Waals surface area contributed by atoms with Gasteiger partial charge in [0.2, 0.25) is 0 Å². The number of carboxylic acid groups (broad SMARTS) is 1. The molecule has 0 saturated heterocycles. The molecule has 0 aliphatic heterocycles. The van der Waals surface area contributed by atoms with Gasteiger partial charge >= 0.3 is 5.97 Å². The summed E-state index contributed by atoms with van der Waals surface area (Å²) in [6.45, 7) is 1.79. The van der Waals surface area contributed by atoms with E-state index in [1.54, 1.807) is 25.1 Å². The first-order chi connectivity index (χ1) is 8.21. The first kappa shape index (κ1) is 14.7. The average molecular weight is 271 g/mol. The van der Waals surface area contributed by atoms with Crippen molar-refractivity contribution in [1.82, 2.24) is 0 Å². The second-order valence-corrected chi connectivity index (χ2v) is 6.34. The Morgan fingerprint density at radius 3 is 2.56 bits per heavy atom. The Hall–Kier alpha value is -1.40.